The Balaban J connectivity index is 1.88. The minimum absolute atomic E-state index is 0.0190. The largest absolute Gasteiger partial charge is 0.338 e. The Labute approximate surface area is 98.0 Å². The Kier molecular flexibility index (Phi) is 2.18. The lowest BCUT2D eigenvalue weighted by Gasteiger charge is -2.18. The Hall–Kier alpha value is -1.09. The van der Waals surface area contributed by atoms with Crippen LogP contribution in [0.25, 0.3) is 0 Å². The van der Waals surface area contributed by atoms with Crippen molar-refractivity contribution >= 4 is 17.5 Å². The molecule has 2 nitrogen and oxygen atoms in total. The fraction of sp³-hybridized carbons (Fsp3) is 0.417. The molecular formula is C12H11ClFNO. The highest BCUT2D eigenvalue weighted by atomic mass is 35.5. The smallest absolute Gasteiger partial charge is 0.258 e. The normalized spacial score (nSPS) is 26.8. The number of nitrogens with zero attached hydrogens (tertiary/aromatic N) is 1. The van der Waals surface area contributed by atoms with E-state index in [1.807, 2.05) is 0 Å². The van der Waals surface area contributed by atoms with Crippen LogP contribution < -0.4 is 0 Å². The zero-order valence-electron chi connectivity index (χ0n) is 8.62. The van der Waals surface area contributed by atoms with E-state index in [-0.39, 0.29) is 16.5 Å². The van der Waals surface area contributed by atoms with Gasteiger partial charge < -0.3 is 4.90 Å². The molecule has 1 aromatic carbocycles. The summed E-state index contributed by atoms with van der Waals surface area (Å²) in [6.45, 7) is 1.52. The first-order valence-electron chi connectivity index (χ1n) is 5.40. The summed E-state index contributed by atoms with van der Waals surface area (Å²) < 4.78 is 13.5. The minimum atomic E-state index is -0.530. The number of likely N-dealkylation sites (tertiary alicyclic amines) is 1. The average molecular weight is 240 g/mol. The molecule has 4 heteroatoms. The number of carbonyl (C=O) groups excluding carboxylic acids is 1. The van der Waals surface area contributed by atoms with E-state index in [1.54, 1.807) is 11.0 Å². The van der Waals surface area contributed by atoms with Crippen LogP contribution in [0.4, 0.5) is 4.39 Å². The van der Waals surface area contributed by atoms with Crippen LogP contribution in [0, 0.1) is 17.7 Å². The second-order valence-electron chi connectivity index (χ2n) is 4.56. The molecule has 1 heterocycles. The first-order chi connectivity index (χ1) is 7.66. The van der Waals surface area contributed by atoms with Crippen LogP contribution in [-0.2, 0) is 0 Å². The molecule has 1 amide bonds. The summed E-state index contributed by atoms with van der Waals surface area (Å²) in [7, 11) is 0. The molecule has 2 fully saturated rings. The summed E-state index contributed by atoms with van der Waals surface area (Å²) >= 11 is 5.86. The molecule has 1 saturated carbocycles. The van der Waals surface area contributed by atoms with E-state index in [1.165, 1.54) is 18.6 Å². The molecule has 16 heavy (non-hydrogen) atoms. The van der Waals surface area contributed by atoms with Gasteiger partial charge in [-0.25, -0.2) is 4.39 Å². The molecule has 3 rings (SSSR count). The lowest BCUT2D eigenvalue weighted by molar-refractivity contribution is 0.0771. The van der Waals surface area contributed by atoms with Crippen molar-refractivity contribution < 1.29 is 9.18 Å². The molecule has 0 N–H and O–H groups in total. The summed E-state index contributed by atoms with van der Waals surface area (Å²) in [5.74, 6) is 0.498. The summed E-state index contributed by atoms with van der Waals surface area (Å²) in [4.78, 5) is 13.8. The number of halogens is 2. The van der Waals surface area contributed by atoms with Crippen LogP contribution in [0.2, 0.25) is 5.02 Å². The monoisotopic (exact) mass is 239 g/mol. The van der Waals surface area contributed by atoms with Crippen molar-refractivity contribution in [3.63, 3.8) is 0 Å². The van der Waals surface area contributed by atoms with Gasteiger partial charge in [0.15, 0.2) is 0 Å². The Morgan fingerprint density at radius 3 is 2.69 bits per heavy atom. The first kappa shape index (κ1) is 10.1. The lowest BCUT2D eigenvalue weighted by atomic mass is 10.2. The number of hydrogen-bond acceptors (Lipinski definition) is 1. The van der Waals surface area contributed by atoms with Gasteiger partial charge >= 0.3 is 0 Å². The second kappa shape index (κ2) is 3.45. The molecule has 1 aliphatic carbocycles. The maximum absolute atomic E-state index is 13.5. The van der Waals surface area contributed by atoms with Crippen LogP contribution in [0.3, 0.4) is 0 Å². The molecule has 1 saturated heterocycles. The number of piperidine rings is 1. The third-order valence-electron chi connectivity index (χ3n) is 3.44. The first-order valence-corrected chi connectivity index (χ1v) is 5.78. The number of amides is 1. The number of rotatable bonds is 1. The highest BCUT2D eigenvalue weighted by Gasteiger charge is 2.47. The molecule has 0 bridgehead atoms. The number of carbonyl (C=O) groups is 1. The highest BCUT2D eigenvalue weighted by molar-refractivity contribution is 6.33. The van der Waals surface area contributed by atoms with Gasteiger partial charge in [0.2, 0.25) is 0 Å². The maximum Gasteiger partial charge on any atom is 0.258 e. The number of fused-ring (bicyclic) bond motifs is 1. The summed E-state index contributed by atoms with van der Waals surface area (Å²) in [5, 5.41) is 0.200. The predicted molar refractivity (Wildman–Crippen MR) is 58.9 cm³/mol. The lowest BCUT2D eigenvalue weighted by Crippen LogP contribution is -2.31. The molecule has 2 unspecified atom stereocenters. The molecule has 1 aromatic rings. The van der Waals surface area contributed by atoms with Crippen molar-refractivity contribution in [2.45, 2.75) is 6.42 Å². The van der Waals surface area contributed by atoms with Crippen molar-refractivity contribution in [3.05, 3.63) is 34.6 Å². The van der Waals surface area contributed by atoms with Gasteiger partial charge in [-0.1, -0.05) is 17.7 Å². The Bertz CT molecular complexity index is 432. The topological polar surface area (TPSA) is 20.3 Å². The molecule has 1 aliphatic heterocycles. The van der Waals surface area contributed by atoms with Gasteiger partial charge in [0.1, 0.15) is 5.82 Å². The SMILES string of the molecule is O=C(c1c(F)cccc1Cl)N1CC2CC2C1. The molecule has 0 spiro atoms. The minimum Gasteiger partial charge on any atom is -0.338 e. The van der Waals surface area contributed by atoms with E-state index in [9.17, 15) is 9.18 Å². The van der Waals surface area contributed by atoms with Gasteiger partial charge in [-0.2, -0.15) is 0 Å². The summed E-state index contributed by atoms with van der Waals surface area (Å²) in [5.41, 5.74) is 0.0190. The molecule has 0 aromatic heterocycles. The van der Waals surface area contributed by atoms with E-state index < -0.39 is 5.82 Å². The summed E-state index contributed by atoms with van der Waals surface area (Å²) in [6.07, 6.45) is 1.22. The second-order valence-corrected chi connectivity index (χ2v) is 4.97. The van der Waals surface area contributed by atoms with Gasteiger partial charge in [-0.15, -0.1) is 0 Å². The van der Waals surface area contributed by atoms with Crippen molar-refractivity contribution in [1.29, 1.82) is 0 Å². The van der Waals surface area contributed by atoms with Gasteiger partial charge in [0.25, 0.3) is 5.91 Å². The van der Waals surface area contributed by atoms with E-state index >= 15 is 0 Å². The number of benzene rings is 1. The van der Waals surface area contributed by atoms with Crippen molar-refractivity contribution in [3.8, 4) is 0 Å². The van der Waals surface area contributed by atoms with E-state index in [4.69, 9.17) is 11.6 Å². The standard InChI is InChI=1S/C12H11ClFNO/c13-9-2-1-3-10(14)11(9)12(16)15-5-7-4-8(7)6-15/h1-3,7-8H,4-6H2. The van der Waals surface area contributed by atoms with E-state index in [0.29, 0.717) is 11.8 Å². The van der Waals surface area contributed by atoms with Crippen LogP contribution in [0.1, 0.15) is 16.8 Å². The molecule has 0 radical (unpaired) electrons. The van der Waals surface area contributed by atoms with Gasteiger partial charge in [-0.05, 0) is 30.4 Å². The zero-order valence-corrected chi connectivity index (χ0v) is 9.38. The highest BCUT2D eigenvalue weighted by Crippen LogP contribution is 2.45. The fourth-order valence-corrected chi connectivity index (χ4v) is 2.67. The van der Waals surface area contributed by atoms with Crippen LogP contribution in [0.5, 0.6) is 0 Å². The number of hydrogen-bond donors (Lipinski definition) is 0. The molecule has 2 aliphatic rings. The van der Waals surface area contributed by atoms with Crippen LogP contribution in [0.15, 0.2) is 18.2 Å². The van der Waals surface area contributed by atoms with Crippen molar-refractivity contribution in [2.75, 3.05) is 13.1 Å². The molecule has 84 valence electrons. The van der Waals surface area contributed by atoms with Crippen molar-refractivity contribution in [1.82, 2.24) is 4.90 Å². The Morgan fingerprint density at radius 1 is 1.38 bits per heavy atom. The quantitative estimate of drug-likeness (QED) is 0.738. The zero-order chi connectivity index (χ0) is 11.3. The third-order valence-corrected chi connectivity index (χ3v) is 3.76. The van der Waals surface area contributed by atoms with Gasteiger partial charge in [0, 0.05) is 13.1 Å². The molecular weight excluding hydrogens is 229 g/mol. The summed E-state index contributed by atoms with van der Waals surface area (Å²) in [6, 6.07) is 4.33. The van der Waals surface area contributed by atoms with Gasteiger partial charge in [0.05, 0.1) is 10.6 Å². The van der Waals surface area contributed by atoms with Crippen LogP contribution >= 0.6 is 11.6 Å². The Morgan fingerprint density at radius 2 is 2.06 bits per heavy atom. The van der Waals surface area contributed by atoms with Gasteiger partial charge in [-0.3, -0.25) is 4.79 Å². The fourth-order valence-electron chi connectivity index (χ4n) is 2.42. The predicted octanol–water partition coefficient (Wildman–Crippen LogP) is 2.57. The maximum atomic E-state index is 13.5. The third kappa shape index (κ3) is 1.50. The molecule has 2 atom stereocenters. The van der Waals surface area contributed by atoms with E-state index in [0.717, 1.165) is 13.1 Å². The van der Waals surface area contributed by atoms with E-state index in [2.05, 4.69) is 0 Å². The van der Waals surface area contributed by atoms with Crippen LogP contribution in [-0.4, -0.2) is 23.9 Å². The van der Waals surface area contributed by atoms with Crippen molar-refractivity contribution in [2.24, 2.45) is 11.8 Å². The average Bonchev–Trinajstić information content (AvgIpc) is 2.85.